The van der Waals surface area contributed by atoms with Crippen LogP contribution in [-0.4, -0.2) is 44.0 Å². The molecular formula is C14H25N3S3. The van der Waals surface area contributed by atoms with Crippen molar-refractivity contribution in [2.45, 2.75) is 23.6 Å². The monoisotopic (exact) mass is 331 g/mol. The second-order valence-corrected chi connectivity index (χ2v) is 7.76. The van der Waals surface area contributed by atoms with Gasteiger partial charge in [-0.1, -0.05) is 12.1 Å². The van der Waals surface area contributed by atoms with E-state index in [1.165, 1.54) is 10.5 Å². The Labute approximate surface area is 136 Å². The molecule has 114 valence electrons. The fourth-order valence-corrected chi connectivity index (χ4v) is 3.39. The zero-order valence-electron chi connectivity index (χ0n) is 12.4. The third-order valence-electron chi connectivity index (χ3n) is 2.61. The predicted octanol–water partition coefficient (Wildman–Crippen LogP) is 2.90. The Morgan fingerprint density at radius 1 is 1.30 bits per heavy atom. The molecule has 2 N–H and O–H groups in total. The van der Waals surface area contributed by atoms with E-state index in [2.05, 4.69) is 65.9 Å². The van der Waals surface area contributed by atoms with E-state index in [4.69, 9.17) is 0 Å². The SMILES string of the molecule is CC(S)NCCc1cccc(SSNCCN(C)C)c1. The van der Waals surface area contributed by atoms with Crippen molar-refractivity contribution in [1.82, 2.24) is 14.9 Å². The Balaban J connectivity index is 2.25. The van der Waals surface area contributed by atoms with Crippen LogP contribution in [0.3, 0.4) is 0 Å². The molecule has 1 rings (SSSR count). The van der Waals surface area contributed by atoms with E-state index in [1.54, 1.807) is 21.8 Å². The first-order valence-electron chi connectivity index (χ1n) is 6.79. The normalized spacial score (nSPS) is 12.8. The Morgan fingerprint density at radius 3 is 2.80 bits per heavy atom. The lowest BCUT2D eigenvalue weighted by molar-refractivity contribution is 0.415. The maximum absolute atomic E-state index is 4.31. The Morgan fingerprint density at radius 2 is 2.10 bits per heavy atom. The predicted molar refractivity (Wildman–Crippen MR) is 96.6 cm³/mol. The quantitative estimate of drug-likeness (QED) is 0.202. The van der Waals surface area contributed by atoms with Crippen LogP contribution in [0.4, 0.5) is 0 Å². The molecule has 0 bridgehead atoms. The first kappa shape index (κ1) is 18.2. The Hall–Kier alpha value is 0.150. The molecule has 1 unspecified atom stereocenters. The lowest BCUT2D eigenvalue weighted by atomic mass is 10.1. The molecule has 0 aromatic heterocycles. The highest BCUT2D eigenvalue weighted by atomic mass is 33.1. The zero-order valence-corrected chi connectivity index (χ0v) is 15.0. The van der Waals surface area contributed by atoms with Crippen molar-refractivity contribution in [3.05, 3.63) is 29.8 Å². The third-order valence-corrected chi connectivity index (χ3v) is 4.82. The van der Waals surface area contributed by atoms with Gasteiger partial charge in [0.25, 0.3) is 0 Å². The summed E-state index contributed by atoms with van der Waals surface area (Å²) in [4.78, 5) is 3.47. The molecule has 0 saturated carbocycles. The molecular weight excluding hydrogens is 306 g/mol. The van der Waals surface area contributed by atoms with Crippen LogP contribution in [0, 0.1) is 0 Å². The molecule has 0 radical (unpaired) electrons. The van der Waals surface area contributed by atoms with Gasteiger partial charge in [-0.15, -0.1) is 0 Å². The lowest BCUT2D eigenvalue weighted by Gasteiger charge is -2.10. The molecule has 0 fully saturated rings. The standard InChI is InChI=1S/C14H25N3S3/c1-12(18)15-8-7-13-5-4-6-14(11-13)19-20-16-9-10-17(2)3/h4-6,11-12,15-16,18H,7-10H2,1-3H3. The Bertz CT molecular complexity index is 372. The van der Waals surface area contributed by atoms with Crippen molar-refractivity contribution in [2.75, 3.05) is 33.7 Å². The van der Waals surface area contributed by atoms with Gasteiger partial charge in [0.15, 0.2) is 0 Å². The lowest BCUT2D eigenvalue weighted by Crippen LogP contribution is -2.23. The van der Waals surface area contributed by atoms with Crippen molar-refractivity contribution in [3.8, 4) is 0 Å². The molecule has 6 heteroatoms. The number of benzene rings is 1. The van der Waals surface area contributed by atoms with Crippen LogP contribution < -0.4 is 10.0 Å². The molecule has 0 saturated heterocycles. The van der Waals surface area contributed by atoms with E-state index in [0.29, 0.717) is 0 Å². The second-order valence-electron chi connectivity index (χ2n) is 4.89. The van der Waals surface area contributed by atoms with Gasteiger partial charge in [-0.3, -0.25) is 4.72 Å². The highest BCUT2D eigenvalue weighted by Crippen LogP contribution is 2.28. The van der Waals surface area contributed by atoms with Gasteiger partial charge in [0.2, 0.25) is 0 Å². The minimum absolute atomic E-state index is 0.254. The molecule has 1 aromatic carbocycles. The summed E-state index contributed by atoms with van der Waals surface area (Å²) in [6.45, 7) is 5.06. The second kappa shape index (κ2) is 10.8. The van der Waals surface area contributed by atoms with Crippen LogP contribution in [0.5, 0.6) is 0 Å². The number of hydrogen-bond acceptors (Lipinski definition) is 6. The van der Waals surface area contributed by atoms with Crippen molar-refractivity contribution in [2.24, 2.45) is 0 Å². The topological polar surface area (TPSA) is 27.3 Å². The maximum atomic E-state index is 4.31. The van der Waals surface area contributed by atoms with Crippen LogP contribution in [0.15, 0.2) is 29.2 Å². The highest BCUT2D eigenvalue weighted by molar-refractivity contribution is 8.76. The molecule has 0 aliphatic carbocycles. The average molecular weight is 332 g/mol. The van der Waals surface area contributed by atoms with E-state index in [9.17, 15) is 0 Å². The van der Waals surface area contributed by atoms with Crippen molar-refractivity contribution in [1.29, 1.82) is 0 Å². The minimum atomic E-state index is 0.254. The van der Waals surface area contributed by atoms with Gasteiger partial charge in [0.05, 0.1) is 0 Å². The molecule has 0 heterocycles. The van der Waals surface area contributed by atoms with E-state index in [1.807, 2.05) is 6.92 Å². The van der Waals surface area contributed by atoms with Crippen LogP contribution in [0.25, 0.3) is 0 Å². The summed E-state index contributed by atoms with van der Waals surface area (Å²) in [5.41, 5.74) is 1.37. The molecule has 0 spiro atoms. The van der Waals surface area contributed by atoms with E-state index < -0.39 is 0 Å². The highest BCUT2D eigenvalue weighted by Gasteiger charge is 1.99. The van der Waals surface area contributed by atoms with E-state index in [-0.39, 0.29) is 5.37 Å². The molecule has 0 aliphatic rings. The number of hydrogen-bond donors (Lipinski definition) is 3. The summed E-state index contributed by atoms with van der Waals surface area (Å²) >= 11 is 4.31. The maximum Gasteiger partial charge on any atom is 0.0473 e. The summed E-state index contributed by atoms with van der Waals surface area (Å²) in [6.07, 6.45) is 1.04. The van der Waals surface area contributed by atoms with Gasteiger partial charge >= 0.3 is 0 Å². The fraction of sp³-hybridized carbons (Fsp3) is 0.571. The van der Waals surface area contributed by atoms with Crippen molar-refractivity contribution in [3.63, 3.8) is 0 Å². The van der Waals surface area contributed by atoms with Crippen molar-refractivity contribution < 1.29 is 0 Å². The van der Waals surface area contributed by atoms with Gasteiger partial charge in [0, 0.05) is 29.9 Å². The molecule has 3 nitrogen and oxygen atoms in total. The smallest absolute Gasteiger partial charge is 0.0473 e. The van der Waals surface area contributed by atoms with Crippen LogP contribution in [0.1, 0.15) is 12.5 Å². The van der Waals surface area contributed by atoms with E-state index >= 15 is 0 Å². The van der Waals surface area contributed by atoms with Gasteiger partial charge in [0.1, 0.15) is 0 Å². The van der Waals surface area contributed by atoms with Crippen LogP contribution in [-0.2, 0) is 6.42 Å². The number of rotatable bonds is 10. The number of nitrogens with one attached hydrogen (secondary N) is 2. The summed E-state index contributed by atoms with van der Waals surface area (Å²) < 4.78 is 3.36. The third kappa shape index (κ3) is 9.15. The molecule has 1 atom stereocenters. The van der Waals surface area contributed by atoms with Crippen molar-refractivity contribution >= 4 is 34.4 Å². The fourth-order valence-electron chi connectivity index (χ4n) is 1.57. The number of nitrogens with zero attached hydrogens (tertiary/aromatic N) is 1. The molecule has 1 aromatic rings. The van der Waals surface area contributed by atoms with Gasteiger partial charge in [-0.2, -0.15) is 12.6 Å². The van der Waals surface area contributed by atoms with E-state index in [0.717, 1.165) is 26.1 Å². The first-order chi connectivity index (χ1) is 9.58. The summed E-state index contributed by atoms with van der Waals surface area (Å²) in [7, 11) is 7.65. The summed E-state index contributed by atoms with van der Waals surface area (Å²) in [5, 5.41) is 3.57. The molecule has 20 heavy (non-hydrogen) atoms. The molecule has 0 amide bonds. The van der Waals surface area contributed by atoms with Gasteiger partial charge in [-0.05, 0) is 66.9 Å². The number of likely N-dealkylation sites (N-methyl/N-ethyl adjacent to an activating group) is 1. The molecule has 0 aliphatic heterocycles. The van der Waals surface area contributed by atoms with Gasteiger partial charge < -0.3 is 10.2 Å². The largest absolute Gasteiger partial charge is 0.308 e. The first-order valence-corrected chi connectivity index (χ1v) is 9.46. The minimum Gasteiger partial charge on any atom is -0.308 e. The summed E-state index contributed by atoms with van der Waals surface area (Å²) in [6, 6.07) is 8.72. The summed E-state index contributed by atoms with van der Waals surface area (Å²) in [5.74, 6) is 0. The zero-order chi connectivity index (χ0) is 14.8. The van der Waals surface area contributed by atoms with Crippen LogP contribution >= 0.6 is 34.4 Å². The Kier molecular flexibility index (Phi) is 9.84. The average Bonchev–Trinajstić information content (AvgIpc) is 2.38. The van der Waals surface area contributed by atoms with Crippen LogP contribution in [0.2, 0.25) is 0 Å². The number of thiol groups is 1. The van der Waals surface area contributed by atoms with Gasteiger partial charge in [-0.25, -0.2) is 0 Å².